The maximum Gasteiger partial charge on any atom is 0.138 e. The van der Waals surface area contributed by atoms with Crippen molar-refractivity contribution in [2.75, 3.05) is 5.32 Å². The average molecular weight is 319 g/mol. The van der Waals surface area contributed by atoms with Crippen LogP contribution in [-0.2, 0) is 0 Å². The molecule has 0 saturated carbocycles. The monoisotopic (exact) mass is 318 g/mol. The quantitative estimate of drug-likeness (QED) is 0.772. The molecule has 21 heavy (non-hydrogen) atoms. The van der Waals surface area contributed by atoms with Crippen molar-refractivity contribution in [2.24, 2.45) is 0 Å². The molecule has 2 aromatic heterocycles. The average Bonchev–Trinajstić information content (AvgIpc) is 3.10. The molecule has 1 unspecified atom stereocenters. The van der Waals surface area contributed by atoms with E-state index in [9.17, 15) is 0 Å². The lowest BCUT2D eigenvalue weighted by Crippen LogP contribution is -2.09. The highest BCUT2D eigenvalue weighted by atomic mass is 35.5. The summed E-state index contributed by atoms with van der Waals surface area (Å²) in [4.78, 5) is 6.58. The molecule has 3 rings (SSSR count). The van der Waals surface area contributed by atoms with E-state index < -0.39 is 0 Å². The Balaban J connectivity index is 1.94. The standard InChI is InChI=1S/C15H15ClN4S/c1-10-6-7-14(21-10)11(2)19-13-5-3-4-12(16)15(13)20-9-17-8-18-20/h3-9,11,19H,1-2H3. The van der Waals surface area contributed by atoms with E-state index >= 15 is 0 Å². The predicted octanol–water partition coefficient (Wildman–Crippen LogP) is 4.46. The van der Waals surface area contributed by atoms with Crippen LogP contribution in [0, 0.1) is 6.92 Å². The lowest BCUT2D eigenvalue weighted by Gasteiger charge is -2.17. The fraction of sp³-hybridized carbons (Fsp3) is 0.200. The van der Waals surface area contributed by atoms with E-state index in [1.807, 2.05) is 18.2 Å². The topological polar surface area (TPSA) is 42.7 Å². The van der Waals surface area contributed by atoms with E-state index in [1.165, 1.54) is 16.1 Å². The molecular formula is C15H15ClN4S. The molecule has 0 saturated heterocycles. The van der Waals surface area contributed by atoms with Gasteiger partial charge in [0.15, 0.2) is 0 Å². The highest BCUT2D eigenvalue weighted by Crippen LogP contribution is 2.32. The Labute approximate surface area is 132 Å². The second-order valence-electron chi connectivity index (χ2n) is 4.79. The van der Waals surface area contributed by atoms with Crippen LogP contribution in [0.5, 0.6) is 0 Å². The molecule has 3 aromatic rings. The first-order valence-electron chi connectivity index (χ1n) is 6.61. The molecule has 0 bridgehead atoms. The molecule has 6 heteroatoms. The van der Waals surface area contributed by atoms with Crippen LogP contribution >= 0.6 is 22.9 Å². The van der Waals surface area contributed by atoms with Crippen LogP contribution in [-0.4, -0.2) is 14.8 Å². The summed E-state index contributed by atoms with van der Waals surface area (Å²) < 4.78 is 1.68. The number of benzene rings is 1. The highest BCUT2D eigenvalue weighted by Gasteiger charge is 2.14. The Morgan fingerprint density at radius 3 is 2.81 bits per heavy atom. The van der Waals surface area contributed by atoms with Crippen molar-refractivity contribution in [1.29, 1.82) is 0 Å². The number of hydrogen-bond donors (Lipinski definition) is 1. The van der Waals surface area contributed by atoms with Gasteiger partial charge in [0.2, 0.25) is 0 Å². The Morgan fingerprint density at radius 1 is 1.29 bits per heavy atom. The summed E-state index contributed by atoms with van der Waals surface area (Å²) in [7, 11) is 0. The molecular weight excluding hydrogens is 304 g/mol. The van der Waals surface area contributed by atoms with Crippen LogP contribution < -0.4 is 5.32 Å². The normalized spacial score (nSPS) is 12.3. The summed E-state index contributed by atoms with van der Waals surface area (Å²) >= 11 is 8.12. The fourth-order valence-corrected chi connectivity index (χ4v) is 3.32. The van der Waals surface area contributed by atoms with E-state index in [2.05, 4.69) is 41.4 Å². The lowest BCUT2D eigenvalue weighted by molar-refractivity contribution is 0.861. The molecule has 0 radical (unpaired) electrons. The van der Waals surface area contributed by atoms with Crippen molar-refractivity contribution < 1.29 is 0 Å². The molecule has 1 aromatic carbocycles. The van der Waals surface area contributed by atoms with E-state index in [0.29, 0.717) is 5.02 Å². The Hall–Kier alpha value is -1.85. The van der Waals surface area contributed by atoms with Crippen LogP contribution in [0.3, 0.4) is 0 Å². The van der Waals surface area contributed by atoms with Crippen LogP contribution in [0.15, 0.2) is 43.0 Å². The molecule has 1 atom stereocenters. The molecule has 2 heterocycles. The van der Waals surface area contributed by atoms with Gasteiger partial charge in [-0.05, 0) is 38.1 Å². The van der Waals surface area contributed by atoms with Crippen molar-refractivity contribution in [2.45, 2.75) is 19.9 Å². The first-order chi connectivity index (χ1) is 10.1. The summed E-state index contributed by atoms with van der Waals surface area (Å²) in [5, 5.41) is 8.32. The number of nitrogens with one attached hydrogen (secondary N) is 1. The van der Waals surface area contributed by atoms with Gasteiger partial charge >= 0.3 is 0 Å². The predicted molar refractivity (Wildman–Crippen MR) is 87.5 cm³/mol. The van der Waals surface area contributed by atoms with Gasteiger partial charge in [-0.1, -0.05) is 17.7 Å². The largest absolute Gasteiger partial charge is 0.376 e. The Bertz CT molecular complexity index is 736. The summed E-state index contributed by atoms with van der Waals surface area (Å²) in [6, 6.07) is 10.3. The third-order valence-electron chi connectivity index (χ3n) is 3.19. The first kappa shape index (κ1) is 14.1. The van der Waals surface area contributed by atoms with Gasteiger partial charge in [-0.2, -0.15) is 5.10 Å². The summed E-state index contributed by atoms with van der Waals surface area (Å²) in [6.45, 7) is 4.25. The zero-order valence-corrected chi connectivity index (χ0v) is 13.3. The van der Waals surface area contributed by atoms with Crippen molar-refractivity contribution in [3.63, 3.8) is 0 Å². The minimum Gasteiger partial charge on any atom is -0.376 e. The van der Waals surface area contributed by atoms with Crippen LogP contribution in [0.25, 0.3) is 5.69 Å². The molecule has 0 spiro atoms. The zero-order valence-electron chi connectivity index (χ0n) is 11.7. The highest BCUT2D eigenvalue weighted by molar-refractivity contribution is 7.12. The summed E-state index contributed by atoms with van der Waals surface area (Å²) in [6.07, 6.45) is 3.14. The van der Waals surface area contributed by atoms with Crippen molar-refractivity contribution >= 4 is 28.6 Å². The van der Waals surface area contributed by atoms with Gasteiger partial charge in [0, 0.05) is 9.75 Å². The number of hydrogen-bond acceptors (Lipinski definition) is 4. The van der Waals surface area contributed by atoms with E-state index in [-0.39, 0.29) is 6.04 Å². The Kier molecular flexibility index (Phi) is 3.94. The van der Waals surface area contributed by atoms with Crippen molar-refractivity contribution in [3.05, 3.63) is 57.8 Å². The van der Waals surface area contributed by atoms with Gasteiger partial charge in [-0.25, -0.2) is 9.67 Å². The number of aryl methyl sites for hydroxylation is 1. The van der Waals surface area contributed by atoms with Gasteiger partial charge in [0.25, 0.3) is 0 Å². The molecule has 0 aliphatic carbocycles. The number of nitrogens with zero attached hydrogens (tertiary/aromatic N) is 3. The fourth-order valence-electron chi connectivity index (χ4n) is 2.18. The van der Waals surface area contributed by atoms with Crippen molar-refractivity contribution in [1.82, 2.24) is 14.8 Å². The van der Waals surface area contributed by atoms with Crippen LogP contribution in [0.4, 0.5) is 5.69 Å². The summed E-state index contributed by atoms with van der Waals surface area (Å²) in [5.41, 5.74) is 1.75. The van der Waals surface area contributed by atoms with Crippen LogP contribution in [0.2, 0.25) is 5.02 Å². The summed E-state index contributed by atoms with van der Waals surface area (Å²) in [5.74, 6) is 0. The number of thiophene rings is 1. The van der Waals surface area contributed by atoms with E-state index in [1.54, 1.807) is 22.3 Å². The van der Waals surface area contributed by atoms with Crippen molar-refractivity contribution in [3.8, 4) is 5.69 Å². The number of halogens is 1. The molecule has 0 aliphatic rings. The van der Waals surface area contributed by atoms with Gasteiger partial charge < -0.3 is 5.32 Å². The second-order valence-corrected chi connectivity index (χ2v) is 6.52. The maximum atomic E-state index is 6.33. The number of para-hydroxylation sites is 1. The van der Waals surface area contributed by atoms with Gasteiger partial charge in [-0.15, -0.1) is 11.3 Å². The molecule has 1 N–H and O–H groups in total. The molecule has 108 valence electrons. The maximum absolute atomic E-state index is 6.33. The van der Waals surface area contributed by atoms with Gasteiger partial charge in [-0.3, -0.25) is 0 Å². The van der Waals surface area contributed by atoms with Crippen LogP contribution in [0.1, 0.15) is 22.7 Å². The smallest absolute Gasteiger partial charge is 0.138 e. The van der Waals surface area contributed by atoms with E-state index in [0.717, 1.165) is 11.4 Å². The third-order valence-corrected chi connectivity index (χ3v) is 4.68. The molecule has 0 amide bonds. The SMILES string of the molecule is Cc1ccc(C(C)Nc2cccc(Cl)c2-n2cncn2)s1. The van der Waals surface area contributed by atoms with Gasteiger partial charge in [0.1, 0.15) is 18.3 Å². The number of rotatable bonds is 4. The van der Waals surface area contributed by atoms with E-state index in [4.69, 9.17) is 11.6 Å². The third kappa shape index (κ3) is 2.94. The number of anilines is 1. The molecule has 0 aliphatic heterocycles. The second kappa shape index (κ2) is 5.87. The zero-order chi connectivity index (χ0) is 14.8. The minimum absolute atomic E-state index is 0.199. The molecule has 0 fully saturated rings. The molecule has 4 nitrogen and oxygen atoms in total. The number of aromatic nitrogens is 3. The first-order valence-corrected chi connectivity index (χ1v) is 7.81. The van der Waals surface area contributed by atoms with Gasteiger partial charge in [0.05, 0.1) is 16.8 Å². The Morgan fingerprint density at radius 2 is 2.14 bits per heavy atom. The lowest BCUT2D eigenvalue weighted by atomic mass is 10.2. The minimum atomic E-state index is 0.199.